The number of hydrogen-bond acceptors (Lipinski definition) is 5. The summed E-state index contributed by atoms with van der Waals surface area (Å²) in [5.41, 5.74) is 1.38. The predicted octanol–water partition coefficient (Wildman–Crippen LogP) is 2.32. The first-order chi connectivity index (χ1) is 10.3. The van der Waals surface area contributed by atoms with E-state index in [1.807, 2.05) is 11.3 Å². The number of nitrogens with zero attached hydrogens (tertiary/aromatic N) is 2. The maximum absolute atomic E-state index is 5.95. The van der Waals surface area contributed by atoms with Crippen LogP contribution in [0.1, 0.15) is 53.3 Å². The van der Waals surface area contributed by atoms with E-state index in [1.165, 1.54) is 47.7 Å². The molecule has 4 rings (SSSR count). The minimum absolute atomic E-state index is 0.191. The number of fused-ring (bicyclic) bond motifs is 1. The second-order valence-corrected chi connectivity index (χ2v) is 7.87. The van der Waals surface area contributed by atoms with Crippen molar-refractivity contribution >= 4 is 11.3 Å². The van der Waals surface area contributed by atoms with Crippen LogP contribution in [-0.4, -0.2) is 49.2 Å². The van der Waals surface area contributed by atoms with Crippen molar-refractivity contribution in [3.05, 3.63) is 15.6 Å². The molecule has 21 heavy (non-hydrogen) atoms. The number of likely N-dealkylation sites (N-methyl/N-ethyl adjacent to an activating group) is 1. The molecule has 1 aromatic heterocycles. The molecule has 0 bridgehead atoms. The number of nitrogens with one attached hydrogen (secondary N) is 1. The van der Waals surface area contributed by atoms with Gasteiger partial charge >= 0.3 is 0 Å². The second kappa shape index (κ2) is 5.95. The van der Waals surface area contributed by atoms with Crippen molar-refractivity contribution in [2.24, 2.45) is 0 Å². The van der Waals surface area contributed by atoms with E-state index < -0.39 is 0 Å². The zero-order chi connectivity index (χ0) is 14.2. The fraction of sp³-hybridized carbons (Fsp3) is 0.812. The number of ether oxygens (including phenoxy) is 1. The third-order valence-electron chi connectivity index (χ3n) is 4.86. The van der Waals surface area contributed by atoms with Gasteiger partial charge < -0.3 is 15.0 Å². The van der Waals surface area contributed by atoms with Crippen LogP contribution in [0.5, 0.6) is 0 Å². The molecule has 1 aliphatic heterocycles. The zero-order valence-electron chi connectivity index (χ0n) is 12.8. The van der Waals surface area contributed by atoms with E-state index in [9.17, 15) is 0 Å². The SMILES string of the molecule is CN1CCOC(c2nc3c(s2)CCCC3CNC2CC2)C1. The van der Waals surface area contributed by atoms with Crippen LogP contribution in [0.25, 0.3) is 0 Å². The Labute approximate surface area is 130 Å². The molecule has 2 unspecified atom stereocenters. The first-order valence-electron chi connectivity index (χ1n) is 8.32. The summed E-state index contributed by atoms with van der Waals surface area (Å²) in [7, 11) is 2.17. The Balaban J connectivity index is 1.49. The highest BCUT2D eigenvalue weighted by Crippen LogP contribution is 2.38. The van der Waals surface area contributed by atoms with Crippen LogP contribution < -0.4 is 5.32 Å². The summed E-state index contributed by atoms with van der Waals surface area (Å²) in [5, 5.41) is 4.90. The molecule has 4 nitrogen and oxygen atoms in total. The van der Waals surface area contributed by atoms with Gasteiger partial charge in [0.1, 0.15) is 11.1 Å². The summed E-state index contributed by atoms with van der Waals surface area (Å²) in [6.45, 7) is 3.97. The summed E-state index contributed by atoms with van der Waals surface area (Å²) in [6, 6.07) is 0.795. The number of aromatic nitrogens is 1. The van der Waals surface area contributed by atoms with E-state index in [0.29, 0.717) is 5.92 Å². The predicted molar refractivity (Wildman–Crippen MR) is 85.0 cm³/mol. The van der Waals surface area contributed by atoms with Gasteiger partial charge in [-0.3, -0.25) is 0 Å². The van der Waals surface area contributed by atoms with Crippen molar-refractivity contribution < 1.29 is 4.74 Å². The van der Waals surface area contributed by atoms with E-state index in [-0.39, 0.29) is 6.10 Å². The Morgan fingerprint density at radius 3 is 3.10 bits per heavy atom. The molecule has 1 saturated heterocycles. The molecular weight excluding hydrogens is 282 g/mol. The molecule has 3 aliphatic rings. The molecule has 2 fully saturated rings. The van der Waals surface area contributed by atoms with Crippen molar-refractivity contribution in [3.63, 3.8) is 0 Å². The lowest BCUT2D eigenvalue weighted by Crippen LogP contribution is -2.35. The average Bonchev–Trinajstić information content (AvgIpc) is 3.21. The van der Waals surface area contributed by atoms with Gasteiger partial charge in [-0.2, -0.15) is 0 Å². The molecule has 5 heteroatoms. The highest BCUT2D eigenvalue weighted by molar-refractivity contribution is 7.11. The molecule has 0 amide bonds. The normalized spacial score (nSPS) is 30.3. The lowest BCUT2D eigenvalue weighted by Gasteiger charge is -2.28. The summed E-state index contributed by atoms with van der Waals surface area (Å²) in [5.74, 6) is 0.626. The van der Waals surface area contributed by atoms with Crippen molar-refractivity contribution in [1.29, 1.82) is 0 Å². The summed E-state index contributed by atoms with van der Waals surface area (Å²) in [4.78, 5) is 8.89. The monoisotopic (exact) mass is 307 g/mol. The number of thiazole rings is 1. The van der Waals surface area contributed by atoms with Crippen molar-refractivity contribution in [3.8, 4) is 0 Å². The fourth-order valence-electron chi connectivity index (χ4n) is 3.39. The lowest BCUT2D eigenvalue weighted by molar-refractivity contribution is -0.0210. The van der Waals surface area contributed by atoms with Gasteiger partial charge in [0.05, 0.1) is 12.3 Å². The molecule has 2 aliphatic carbocycles. The summed E-state index contributed by atoms with van der Waals surface area (Å²) >= 11 is 1.91. The minimum atomic E-state index is 0.191. The molecule has 0 aromatic carbocycles. The molecule has 116 valence electrons. The molecule has 0 radical (unpaired) electrons. The molecule has 0 spiro atoms. The first kappa shape index (κ1) is 14.1. The first-order valence-corrected chi connectivity index (χ1v) is 9.14. The molecule has 1 aromatic rings. The zero-order valence-corrected chi connectivity index (χ0v) is 13.6. The van der Waals surface area contributed by atoms with E-state index >= 15 is 0 Å². The lowest BCUT2D eigenvalue weighted by atomic mass is 9.91. The molecule has 1 saturated carbocycles. The fourth-order valence-corrected chi connectivity index (χ4v) is 4.62. The molecule has 2 atom stereocenters. The van der Waals surface area contributed by atoms with Gasteiger partial charge in [0.25, 0.3) is 0 Å². The Morgan fingerprint density at radius 2 is 2.29 bits per heavy atom. The van der Waals surface area contributed by atoms with Crippen molar-refractivity contribution in [2.75, 3.05) is 33.3 Å². The van der Waals surface area contributed by atoms with Gasteiger partial charge in [0, 0.05) is 36.5 Å². The van der Waals surface area contributed by atoms with Gasteiger partial charge in [0.2, 0.25) is 0 Å². The maximum Gasteiger partial charge on any atom is 0.123 e. The van der Waals surface area contributed by atoms with Crippen LogP contribution in [-0.2, 0) is 11.2 Å². The van der Waals surface area contributed by atoms with Gasteiger partial charge in [-0.25, -0.2) is 4.98 Å². The van der Waals surface area contributed by atoms with Crippen molar-refractivity contribution in [1.82, 2.24) is 15.2 Å². The van der Waals surface area contributed by atoms with E-state index in [2.05, 4.69) is 17.3 Å². The van der Waals surface area contributed by atoms with Crippen LogP contribution in [0.3, 0.4) is 0 Å². The van der Waals surface area contributed by atoms with Crippen LogP contribution >= 0.6 is 11.3 Å². The summed E-state index contributed by atoms with van der Waals surface area (Å²) in [6.07, 6.45) is 6.75. The Bertz CT molecular complexity index is 500. The van der Waals surface area contributed by atoms with Crippen LogP contribution in [0.4, 0.5) is 0 Å². The van der Waals surface area contributed by atoms with E-state index in [0.717, 1.165) is 32.3 Å². The number of rotatable bonds is 4. The van der Waals surface area contributed by atoms with Crippen LogP contribution in [0, 0.1) is 0 Å². The van der Waals surface area contributed by atoms with Gasteiger partial charge in [-0.1, -0.05) is 0 Å². The third kappa shape index (κ3) is 3.16. The highest BCUT2D eigenvalue weighted by atomic mass is 32.1. The Kier molecular flexibility index (Phi) is 4.00. The Morgan fingerprint density at radius 1 is 1.38 bits per heavy atom. The number of hydrogen-bond donors (Lipinski definition) is 1. The maximum atomic E-state index is 5.95. The molecular formula is C16H25N3OS. The standard InChI is InChI=1S/C16H25N3OS/c1-19-7-8-20-13(10-19)16-18-15-11(9-17-12-5-6-12)3-2-4-14(15)21-16/h11-13,17H,2-10H2,1H3. The number of aryl methyl sites for hydroxylation is 1. The molecule has 2 heterocycles. The summed E-state index contributed by atoms with van der Waals surface area (Å²) < 4.78 is 5.95. The van der Waals surface area contributed by atoms with Crippen molar-refractivity contribution in [2.45, 2.75) is 50.2 Å². The van der Waals surface area contributed by atoms with Crippen LogP contribution in [0.2, 0.25) is 0 Å². The molecule has 1 N–H and O–H groups in total. The number of morpholine rings is 1. The van der Waals surface area contributed by atoms with Crippen LogP contribution in [0.15, 0.2) is 0 Å². The van der Waals surface area contributed by atoms with E-state index in [1.54, 1.807) is 0 Å². The third-order valence-corrected chi connectivity index (χ3v) is 6.09. The van der Waals surface area contributed by atoms with Gasteiger partial charge in [0.15, 0.2) is 0 Å². The van der Waals surface area contributed by atoms with Gasteiger partial charge in [-0.05, 0) is 39.2 Å². The topological polar surface area (TPSA) is 37.4 Å². The van der Waals surface area contributed by atoms with E-state index in [4.69, 9.17) is 9.72 Å². The Hall–Kier alpha value is -0.490. The second-order valence-electron chi connectivity index (χ2n) is 6.75. The smallest absolute Gasteiger partial charge is 0.123 e. The van der Waals surface area contributed by atoms with Gasteiger partial charge in [-0.15, -0.1) is 11.3 Å². The minimum Gasteiger partial charge on any atom is -0.368 e. The largest absolute Gasteiger partial charge is 0.368 e. The average molecular weight is 307 g/mol. The quantitative estimate of drug-likeness (QED) is 0.926. The highest BCUT2D eigenvalue weighted by Gasteiger charge is 2.30.